The van der Waals surface area contributed by atoms with Crippen molar-refractivity contribution in [3.63, 3.8) is 0 Å². The van der Waals surface area contributed by atoms with Crippen LogP contribution in [0.4, 0.5) is 10.2 Å². The molecular formula is C23H22FN3O5. The number of benzene rings is 2. The third-order valence-corrected chi connectivity index (χ3v) is 4.88. The Morgan fingerprint density at radius 1 is 1.22 bits per heavy atom. The molecule has 0 aliphatic carbocycles. The van der Waals surface area contributed by atoms with Crippen LogP contribution in [0.2, 0.25) is 0 Å². The average Bonchev–Trinajstić information content (AvgIpc) is 3.19. The van der Waals surface area contributed by atoms with E-state index < -0.39 is 35.2 Å². The van der Waals surface area contributed by atoms with Crippen molar-refractivity contribution in [3.8, 4) is 0 Å². The van der Waals surface area contributed by atoms with Gasteiger partial charge in [-0.2, -0.15) is 4.98 Å². The Morgan fingerprint density at radius 3 is 2.62 bits per heavy atom. The highest BCUT2D eigenvalue weighted by atomic mass is 19.1. The number of nitrogens with one attached hydrogen (secondary N) is 1. The Labute approximate surface area is 183 Å². The van der Waals surface area contributed by atoms with Crippen LogP contribution >= 0.6 is 0 Å². The molecule has 1 fully saturated rings. The van der Waals surface area contributed by atoms with E-state index in [9.17, 15) is 14.0 Å². The van der Waals surface area contributed by atoms with E-state index in [-0.39, 0.29) is 13.2 Å². The Kier molecular flexibility index (Phi) is 6.40. The fraction of sp³-hybridized carbons (Fsp3) is 0.261. The van der Waals surface area contributed by atoms with E-state index in [0.717, 1.165) is 16.3 Å². The van der Waals surface area contributed by atoms with E-state index in [1.165, 1.54) is 0 Å². The minimum Gasteiger partial charge on any atom is -0.371 e. The van der Waals surface area contributed by atoms with E-state index in [1.807, 2.05) is 30.3 Å². The summed E-state index contributed by atoms with van der Waals surface area (Å²) in [4.78, 5) is 28.4. The first-order chi connectivity index (χ1) is 15.4. The summed E-state index contributed by atoms with van der Waals surface area (Å²) in [5.41, 5.74) is 0.538. The molecule has 1 N–H and O–H groups in total. The van der Waals surface area contributed by atoms with Gasteiger partial charge in [-0.1, -0.05) is 48.5 Å². The molecule has 4 rings (SSSR count). The maximum absolute atomic E-state index is 14.6. The lowest BCUT2D eigenvalue weighted by atomic mass is 10.2. The summed E-state index contributed by atoms with van der Waals surface area (Å²) in [5.74, 6) is -2.99. The van der Waals surface area contributed by atoms with Crippen LogP contribution in [-0.4, -0.2) is 34.5 Å². The van der Waals surface area contributed by atoms with E-state index in [0.29, 0.717) is 12.2 Å². The second-order valence-electron chi connectivity index (χ2n) is 7.44. The minimum absolute atomic E-state index is 0.0158. The summed E-state index contributed by atoms with van der Waals surface area (Å²) in [6.45, 7) is 2.19. The lowest BCUT2D eigenvalue weighted by molar-refractivity contribution is -0.199. The first-order valence-corrected chi connectivity index (χ1v) is 10.0. The van der Waals surface area contributed by atoms with Crippen LogP contribution < -0.4 is 11.0 Å². The SMILES string of the molecule is C[C@@]1(COCc2ccccc2)OC[C@@H](n2cc(F)c(NC(=O)c3ccccc3)nc2=O)O1. The molecular weight excluding hydrogens is 417 g/mol. The molecule has 1 saturated heterocycles. The molecule has 0 bridgehead atoms. The third kappa shape index (κ3) is 5.08. The lowest BCUT2D eigenvalue weighted by Crippen LogP contribution is -2.34. The van der Waals surface area contributed by atoms with Gasteiger partial charge in [0, 0.05) is 5.56 Å². The van der Waals surface area contributed by atoms with Gasteiger partial charge in [-0.25, -0.2) is 9.18 Å². The fourth-order valence-electron chi connectivity index (χ4n) is 3.25. The summed E-state index contributed by atoms with van der Waals surface area (Å²) in [6, 6.07) is 17.9. The average molecular weight is 439 g/mol. The van der Waals surface area contributed by atoms with Crippen molar-refractivity contribution < 1.29 is 23.4 Å². The van der Waals surface area contributed by atoms with Crippen molar-refractivity contribution in [1.29, 1.82) is 0 Å². The molecule has 0 radical (unpaired) electrons. The molecule has 2 heterocycles. The molecule has 3 aromatic rings. The first kappa shape index (κ1) is 21.8. The number of amides is 1. The van der Waals surface area contributed by atoms with Crippen LogP contribution in [0.3, 0.4) is 0 Å². The zero-order valence-corrected chi connectivity index (χ0v) is 17.4. The van der Waals surface area contributed by atoms with Crippen LogP contribution in [0.15, 0.2) is 71.7 Å². The Bertz CT molecular complexity index is 1140. The van der Waals surface area contributed by atoms with Crippen molar-refractivity contribution in [2.75, 3.05) is 18.5 Å². The maximum atomic E-state index is 14.6. The predicted molar refractivity (Wildman–Crippen MR) is 113 cm³/mol. The monoisotopic (exact) mass is 439 g/mol. The molecule has 1 aliphatic rings. The molecule has 0 spiro atoms. The van der Waals surface area contributed by atoms with E-state index in [4.69, 9.17) is 14.2 Å². The zero-order valence-electron chi connectivity index (χ0n) is 17.4. The van der Waals surface area contributed by atoms with Crippen LogP contribution in [0.1, 0.15) is 29.1 Å². The normalized spacial score (nSPS) is 20.2. The van der Waals surface area contributed by atoms with Gasteiger partial charge < -0.3 is 19.5 Å². The maximum Gasteiger partial charge on any atom is 0.351 e. The molecule has 8 nitrogen and oxygen atoms in total. The van der Waals surface area contributed by atoms with Gasteiger partial charge in [-0.05, 0) is 24.6 Å². The second kappa shape index (κ2) is 9.39. The molecule has 2 aromatic carbocycles. The largest absolute Gasteiger partial charge is 0.371 e. The van der Waals surface area contributed by atoms with Crippen molar-refractivity contribution in [3.05, 3.63) is 94.3 Å². The molecule has 9 heteroatoms. The van der Waals surface area contributed by atoms with Crippen LogP contribution in [0, 0.1) is 5.82 Å². The van der Waals surface area contributed by atoms with Gasteiger partial charge in [0.25, 0.3) is 5.91 Å². The summed E-state index contributed by atoms with van der Waals surface area (Å²) in [7, 11) is 0. The number of aromatic nitrogens is 2. The van der Waals surface area contributed by atoms with E-state index in [1.54, 1.807) is 37.3 Å². The number of rotatable bonds is 7. The van der Waals surface area contributed by atoms with Gasteiger partial charge >= 0.3 is 5.69 Å². The minimum atomic E-state index is -1.10. The summed E-state index contributed by atoms with van der Waals surface area (Å²) in [6.07, 6.45) is 0.0641. The van der Waals surface area contributed by atoms with Crippen molar-refractivity contribution in [1.82, 2.24) is 9.55 Å². The zero-order chi connectivity index (χ0) is 22.6. The molecule has 1 aliphatic heterocycles. The van der Waals surface area contributed by atoms with Crippen molar-refractivity contribution >= 4 is 11.7 Å². The number of carbonyl (C=O) groups is 1. The van der Waals surface area contributed by atoms with Gasteiger partial charge in [0.15, 0.2) is 23.7 Å². The molecule has 32 heavy (non-hydrogen) atoms. The Balaban J connectivity index is 1.40. The number of carbonyl (C=O) groups excluding carboxylic acids is 1. The van der Waals surface area contributed by atoms with Crippen LogP contribution in [0.25, 0.3) is 0 Å². The van der Waals surface area contributed by atoms with Crippen LogP contribution in [-0.2, 0) is 20.8 Å². The standard InChI is InChI=1S/C23H22FN3O5/c1-23(15-30-13-16-8-4-2-5-9-16)31-14-19(32-23)27-12-18(24)20(26-22(27)29)25-21(28)17-10-6-3-7-11-17/h2-12,19H,13-15H2,1H3,(H,25,26,28,29)/t19-,23+/m0/s1. The smallest absolute Gasteiger partial charge is 0.351 e. The lowest BCUT2D eigenvalue weighted by Gasteiger charge is -2.23. The molecule has 166 valence electrons. The molecule has 2 atom stereocenters. The van der Waals surface area contributed by atoms with Gasteiger partial charge in [-0.15, -0.1) is 0 Å². The van der Waals surface area contributed by atoms with E-state index in [2.05, 4.69) is 10.3 Å². The quantitative estimate of drug-likeness (QED) is 0.608. The summed E-state index contributed by atoms with van der Waals surface area (Å²) >= 11 is 0. The molecule has 0 unspecified atom stereocenters. The Morgan fingerprint density at radius 2 is 1.91 bits per heavy atom. The number of hydrogen-bond donors (Lipinski definition) is 1. The molecule has 1 aromatic heterocycles. The van der Waals surface area contributed by atoms with Crippen LogP contribution in [0.5, 0.6) is 0 Å². The number of ether oxygens (including phenoxy) is 3. The van der Waals surface area contributed by atoms with Crippen molar-refractivity contribution in [2.45, 2.75) is 25.5 Å². The third-order valence-electron chi connectivity index (χ3n) is 4.88. The molecule has 1 amide bonds. The fourth-order valence-corrected chi connectivity index (χ4v) is 3.25. The second-order valence-corrected chi connectivity index (χ2v) is 7.44. The van der Waals surface area contributed by atoms with Gasteiger partial charge in [0.1, 0.15) is 6.61 Å². The highest BCUT2D eigenvalue weighted by molar-refractivity contribution is 6.03. The van der Waals surface area contributed by atoms with Crippen molar-refractivity contribution in [2.24, 2.45) is 0 Å². The predicted octanol–water partition coefficient (Wildman–Crippen LogP) is 3.11. The van der Waals surface area contributed by atoms with E-state index >= 15 is 0 Å². The number of hydrogen-bond acceptors (Lipinski definition) is 6. The number of anilines is 1. The summed E-state index contributed by atoms with van der Waals surface area (Å²) < 4.78 is 32.7. The number of nitrogens with zero attached hydrogens (tertiary/aromatic N) is 2. The molecule has 0 saturated carbocycles. The van der Waals surface area contributed by atoms with Gasteiger partial charge in [0.2, 0.25) is 0 Å². The highest BCUT2D eigenvalue weighted by Crippen LogP contribution is 2.29. The van der Waals surface area contributed by atoms with Gasteiger partial charge in [-0.3, -0.25) is 9.36 Å². The summed E-state index contributed by atoms with van der Waals surface area (Å²) in [5, 5.41) is 2.31. The number of halogens is 1. The Hall–Kier alpha value is -3.40. The van der Waals surface area contributed by atoms with Gasteiger partial charge in [0.05, 0.1) is 19.4 Å². The highest BCUT2D eigenvalue weighted by Gasteiger charge is 2.39. The first-order valence-electron chi connectivity index (χ1n) is 10.0. The topological polar surface area (TPSA) is 91.7 Å².